The molecule has 0 radical (unpaired) electrons. The van der Waals surface area contributed by atoms with Gasteiger partial charge < -0.3 is 10.2 Å². The van der Waals surface area contributed by atoms with E-state index in [0.29, 0.717) is 18.2 Å². The number of amides is 1. The number of nitrogens with zero attached hydrogens (tertiary/aromatic N) is 2. The van der Waals surface area contributed by atoms with Gasteiger partial charge in [-0.1, -0.05) is 72.2 Å². The molecule has 0 aliphatic carbocycles. The molecule has 1 amide bonds. The van der Waals surface area contributed by atoms with Crippen LogP contribution in [0.5, 0.6) is 0 Å². The first kappa shape index (κ1) is 21.8. The lowest BCUT2D eigenvalue weighted by molar-refractivity contribution is -0.124. The predicted molar refractivity (Wildman–Crippen MR) is 130 cm³/mol. The van der Waals surface area contributed by atoms with Gasteiger partial charge >= 0.3 is 0 Å². The van der Waals surface area contributed by atoms with E-state index in [4.69, 9.17) is 4.99 Å². The third-order valence-corrected chi connectivity index (χ3v) is 6.30. The summed E-state index contributed by atoms with van der Waals surface area (Å²) < 4.78 is 1.03. The van der Waals surface area contributed by atoms with Crippen molar-refractivity contribution in [2.75, 3.05) is 6.54 Å². The van der Waals surface area contributed by atoms with Crippen molar-refractivity contribution in [3.05, 3.63) is 81.5 Å². The van der Waals surface area contributed by atoms with Crippen molar-refractivity contribution in [1.29, 1.82) is 0 Å². The van der Waals surface area contributed by atoms with Crippen LogP contribution in [-0.4, -0.2) is 28.6 Å². The first-order chi connectivity index (χ1) is 14.7. The summed E-state index contributed by atoms with van der Waals surface area (Å²) in [6.07, 6.45) is 0.893. The third kappa shape index (κ3) is 4.62. The fourth-order valence-corrected chi connectivity index (χ4v) is 4.62. The fraction of sp³-hybridized carbons (Fsp3) is 0.385. The molecule has 4 rings (SSSR count). The Labute approximate surface area is 193 Å². The van der Waals surface area contributed by atoms with E-state index >= 15 is 0 Å². The summed E-state index contributed by atoms with van der Waals surface area (Å²) in [6.45, 7) is 9.89. The van der Waals surface area contributed by atoms with E-state index < -0.39 is 0 Å². The van der Waals surface area contributed by atoms with Crippen molar-refractivity contribution in [3.8, 4) is 0 Å². The molecule has 1 fully saturated rings. The summed E-state index contributed by atoms with van der Waals surface area (Å²) in [4.78, 5) is 20.8. The molecule has 2 aliphatic heterocycles. The van der Waals surface area contributed by atoms with E-state index in [0.717, 1.165) is 39.8 Å². The molecule has 0 saturated carbocycles. The molecular weight excluding hydrogens is 450 g/mol. The van der Waals surface area contributed by atoms with Crippen LogP contribution in [0, 0.1) is 5.92 Å². The van der Waals surface area contributed by atoms with Crippen LogP contribution in [0.2, 0.25) is 0 Å². The molecule has 1 unspecified atom stereocenters. The number of likely N-dealkylation sites (tertiary alicyclic amines) is 1. The average molecular weight is 480 g/mol. The molecule has 2 heterocycles. The topological polar surface area (TPSA) is 44.7 Å². The van der Waals surface area contributed by atoms with E-state index in [9.17, 15) is 4.79 Å². The summed E-state index contributed by atoms with van der Waals surface area (Å²) in [5, 5.41) is 3.67. The maximum Gasteiger partial charge on any atom is 0.273 e. The normalized spacial score (nSPS) is 20.5. The van der Waals surface area contributed by atoms with Crippen LogP contribution >= 0.6 is 15.9 Å². The van der Waals surface area contributed by atoms with Gasteiger partial charge in [-0.2, -0.15) is 0 Å². The number of hydrogen-bond acceptors (Lipinski definition) is 3. The van der Waals surface area contributed by atoms with Crippen LogP contribution in [-0.2, 0) is 11.3 Å². The molecule has 4 nitrogen and oxygen atoms in total. The Morgan fingerprint density at radius 2 is 1.81 bits per heavy atom. The summed E-state index contributed by atoms with van der Waals surface area (Å²) in [5.41, 5.74) is 4.69. The van der Waals surface area contributed by atoms with E-state index in [1.807, 2.05) is 35.2 Å². The summed E-state index contributed by atoms with van der Waals surface area (Å²) in [6, 6.07) is 18.4. The lowest BCUT2D eigenvalue weighted by atomic mass is 9.93. The number of halogens is 1. The minimum absolute atomic E-state index is 0.0183. The first-order valence-corrected chi connectivity index (χ1v) is 11.7. The Hall–Kier alpha value is -2.40. The van der Waals surface area contributed by atoms with Gasteiger partial charge in [-0.05, 0) is 49.4 Å². The second-order valence-corrected chi connectivity index (χ2v) is 10.4. The zero-order chi connectivity index (χ0) is 22.2. The lowest BCUT2D eigenvalue weighted by Gasteiger charge is -2.28. The molecule has 5 heteroatoms. The number of fused-ring (bicyclic) bond motifs is 1. The summed E-state index contributed by atoms with van der Waals surface area (Å²) >= 11 is 3.55. The quantitative estimate of drug-likeness (QED) is 0.601. The molecular formula is C26H30BrN3O. The van der Waals surface area contributed by atoms with E-state index in [1.165, 1.54) is 0 Å². The minimum Gasteiger partial charge on any atom is -0.386 e. The van der Waals surface area contributed by atoms with Crippen molar-refractivity contribution in [2.24, 2.45) is 10.9 Å². The van der Waals surface area contributed by atoms with Gasteiger partial charge in [0, 0.05) is 28.8 Å². The van der Waals surface area contributed by atoms with Crippen molar-refractivity contribution in [3.63, 3.8) is 0 Å². The van der Waals surface area contributed by atoms with E-state index in [2.05, 4.69) is 73.2 Å². The van der Waals surface area contributed by atoms with Gasteiger partial charge in [0.05, 0.1) is 11.6 Å². The van der Waals surface area contributed by atoms with Crippen molar-refractivity contribution in [2.45, 2.75) is 52.2 Å². The number of nitrogens with one attached hydrogen (secondary N) is 1. The van der Waals surface area contributed by atoms with Crippen LogP contribution < -0.4 is 5.32 Å². The van der Waals surface area contributed by atoms with Crippen LogP contribution in [0.15, 0.2) is 75.3 Å². The number of aliphatic imine (C=N–C) groups is 1. The molecule has 2 aromatic carbocycles. The fourth-order valence-electron chi connectivity index (χ4n) is 4.36. The third-order valence-electron chi connectivity index (χ3n) is 5.77. The largest absolute Gasteiger partial charge is 0.386 e. The molecule has 162 valence electrons. The lowest BCUT2D eigenvalue weighted by Crippen LogP contribution is -2.35. The highest BCUT2D eigenvalue weighted by molar-refractivity contribution is 9.10. The molecule has 0 spiro atoms. The second kappa shape index (κ2) is 8.62. The predicted octanol–water partition coefficient (Wildman–Crippen LogP) is 5.66. The maximum absolute atomic E-state index is 13.8. The molecule has 0 bridgehead atoms. The van der Waals surface area contributed by atoms with Crippen LogP contribution in [0.25, 0.3) is 0 Å². The molecule has 31 heavy (non-hydrogen) atoms. The molecule has 1 atom stereocenters. The maximum atomic E-state index is 13.8. The Morgan fingerprint density at radius 1 is 1.13 bits per heavy atom. The molecule has 1 N–H and O–H groups in total. The Morgan fingerprint density at radius 3 is 2.45 bits per heavy atom. The van der Waals surface area contributed by atoms with Crippen molar-refractivity contribution < 1.29 is 4.79 Å². The SMILES string of the molecule is CC(C)CC1=C2C(=NC(C)(C)CN1)C(=O)N(Cc1ccccc1)C2c1ccc(Br)cc1. The van der Waals surface area contributed by atoms with Gasteiger partial charge in [0.2, 0.25) is 0 Å². The number of benzene rings is 2. The average Bonchev–Trinajstić information content (AvgIpc) is 2.89. The summed E-state index contributed by atoms with van der Waals surface area (Å²) in [5.74, 6) is 0.492. The van der Waals surface area contributed by atoms with Crippen molar-refractivity contribution >= 4 is 27.5 Å². The highest BCUT2D eigenvalue weighted by Crippen LogP contribution is 2.41. The van der Waals surface area contributed by atoms with Gasteiger partial charge in [0.1, 0.15) is 5.71 Å². The van der Waals surface area contributed by atoms with Gasteiger partial charge in [-0.15, -0.1) is 0 Å². The Balaban J connectivity index is 1.89. The number of rotatable bonds is 5. The number of carbonyl (C=O) groups is 1. The second-order valence-electron chi connectivity index (χ2n) is 9.49. The standard InChI is InChI=1S/C26H30BrN3O/c1-17(2)14-21-22-23(29-26(3,4)16-28-21)25(31)30(15-18-8-6-5-7-9-18)24(22)19-10-12-20(27)13-11-19/h5-13,17,24,28H,14-16H2,1-4H3. The number of hydrogen-bond donors (Lipinski definition) is 1. The summed E-state index contributed by atoms with van der Waals surface area (Å²) in [7, 11) is 0. The highest BCUT2D eigenvalue weighted by atomic mass is 79.9. The van der Waals surface area contributed by atoms with Gasteiger partial charge in [0.25, 0.3) is 5.91 Å². The van der Waals surface area contributed by atoms with Gasteiger partial charge in [0.15, 0.2) is 0 Å². The monoisotopic (exact) mass is 479 g/mol. The zero-order valence-corrected chi connectivity index (χ0v) is 20.2. The molecule has 0 aromatic heterocycles. The number of carbonyl (C=O) groups excluding carboxylic acids is 1. The van der Waals surface area contributed by atoms with Gasteiger partial charge in [-0.25, -0.2) is 0 Å². The van der Waals surface area contributed by atoms with E-state index in [1.54, 1.807) is 0 Å². The molecule has 2 aromatic rings. The molecule has 1 saturated heterocycles. The number of allylic oxidation sites excluding steroid dienone is 1. The Kier molecular flexibility index (Phi) is 6.07. The minimum atomic E-state index is -0.345. The van der Waals surface area contributed by atoms with Crippen molar-refractivity contribution in [1.82, 2.24) is 10.2 Å². The van der Waals surface area contributed by atoms with Crippen LogP contribution in [0.4, 0.5) is 0 Å². The smallest absolute Gasteiger partial charge is 0.273 e. The van der Waals surface area contributed by atoms with Crippen LogP contribution in [0.1, 0.15) is 51.3 Å². The first-order valence-electron chi connectivity index (χ1n) is 10.9. The highest BCUT2D eigenvalue weighted by Gasteiger charge is 2.45. The van der Waals surface area contributed by atoms with E-state index in [-0.39, 0.29) is 17.5 Å². The zero-order valence-electron chi connectivity index (χ0n) is 18.7. The van der Waals surface area contributed by atoms with Gasteiger partial charge in [-0.3, -0.25) is 9.79 Å². The Bertz CT molecular complexity index is 1020. The van der Waals surface area contributed by atoms with Crippen LogP contribution in [0.3, 0.4) is 0 Å². The molecule has 2 aliphatic rings.